The van der Waals surface area contributed by atoms with E-state index in [0.29, 0.717) is 37.6 Å². The van der Waals surface area contributed by atoms with Crippen LogP contribution < -0.4 is 10.5 Å². The number of likely N-dealkylation sites (tertiary alicyclic amines) is 1. The zero-order valence-electron chi connectivity index (χ0n) is 15.1. The number of ether oxygens (including phenoxy) is 1. The third-order valence-electron chi connectivity index (χ3n) is 4.69. The number of carbonyl (C=O) groups excluding carboxylic acids is 2. The summed E-state index contributed by atoms with van der Waals surface area (Å²) in [6.07, 6.45) is 2.83. The fourth-order valence-corrected chi connectivity index (χ4v) is 3.45. The van der Waals surface area contributed by atoms with Gasteiger partial charge in [-0.05, 0) is 37.1 Å². The third kappa shape index (κ3) is 4.64. The van der Waals surface area contributed by atoms with Crippen LogP contribution in [0.3, 0.4) is 0 Å². The maximum Gasteiger partial charge on any atom is 0.275 e. The lowest BCUT2D eigenvalue weighted by molar-refractivity contribution is -0.122. The number of hydrogen-bond acceptors (Lipinski definition) is 5. The summed E-state index contributed by atoms with van der Waals surface area (Å²) >= 11 is 0. The first-order chi connectivity index (χ1) is 12.9. The number of hydrogen-bond donors (Lipinski definition) is 1. The van der Waals surface area contributed by atoms with E-state index in [1.165, 1.54) is 30.5 Å². The number of benzene rings is 1. The molecule has 7 nitrogen and oxygen atoms in total. The quantitative estimate of drug-likeness (QED) is 0.835. The van der Waals surface area contributed by atoms with Gasteiger partial charge in [0.1, 0.15) is 17.8 Å². The number of nitrogens with zero attached hydrogens (tertiary/aromatic N) is 2. The summed E-state index contributed by atoms with van der Waals surface area (Å²) in [5, 5.41) is 0. The van der Waals surface area contributed by atoms with Gasteiger partial charge in [-0.3, -0.25) is 9.59 Å². The van der Waals surface area contributed by atoms with Crippen molar-refractivity contribution in [3.8, 4) is 5.75 Å². The summed E-state index contributed by atoms with van der Waals surface area (Å²) in [4.78, 5) is 30.1. The molecule has 2 N–H and O–H groups in total. The number of amides is 2. The first-order valence-corrected chi connectivity index (χ1v) is 8.75. The molecule has 0 aliphatic carbocycles. The Kier molecular flexibility index (Phi) is 5.43. The lowest BCUT2D eigenvalue weighted by Crippen LogP contribution is -2.50. The van der Waals surface area contributed by atoms with Crippen LogP contribution in [0.5, 0.6) is 5.75 Å². The average molecular weight is 375 g/mol. The Bertz CT molecular complexity index is 821. The van der Waals surface area contributed by atoms with Crippen molar-refractivity contribution in [2.45, 2.75) is 26.2 Å². The van der Waals surface area contributed by atoms with Crippen LogP contribution in [0.15, 0.2) is 34.9 Å². The molecule has 8 heteroatoms. The second-order valence-corrected chi connectivity index (χ2v) is 6.97. The van der Waals surface area contributed by atoms with Gasteiger partial charge >= 0.3 is 0 Å². The molecule has 1 aliphatic heterocycles. The van der Waals surface area contributed by atoms with E-state index in [4.69, 9.17) is 14.9 Å². The SMILES string of the molecule is Cc1nc(C(=O)N2CCC[C@@](COc3ccc(F)cc3)(CC(N)=O)C2)co1. The highest BCUT2D eigenvalue weighted by Gasteiger charge is 2.40. The van der Waals surface area contributed by atoms with Crippen molar-refractivity contribution in [2.24, 2.45) is 11.1 Å². The first kappa shape index (κ1) is 18.9. The fourth-order valence-electron chi connectivity index (χ4n) is 3.45. The van der Waals surface area contributed by atoms with Gasteiger partial charge in [0.25, 0.3) is 5.91 Å². The summed E-state index contributed by atoms with van der Waals surface area (Å²) in [5.41, 5.74) is 5.09. The summed E-state index contributed by atoms with van der Waals surface area (Å²) in [6, 6.07) is 5.66. The highest BCUT2D eigenvalue weighted by Crippen LogP contribution is 2.35. The van der Waals surface area contributed by atoms with Gasteiger partial charge in [-0.1, -0.05) is 0 Å². The van der Waals surface area contributed by atoms with Crippen LogP contribution in [0.25, 0.3) is 0 Å². The van der Waals surface area contributed by atoms with Gasteiger partial charge in [-0.2, -0.15) is 0 Å². The van der Waals surface area contributed by atoms with Gasteiger partial charge in [-0.15, -0.1) is 0 Å². The van der Waals surface area contributed by atoms with Crippen molar-refractivity contribution in [3.05, 3.63) is 47.9 Å². The highest BCUT2D eigenvalue weighted by molar-refractivity contribution is 5.92. The van der Waals surface area contributed by atoms with Crippen molar-refractivity contribution in [3.63, 3.8) is 0 Å². The first-order valence-electron chi connectivity index (χ1n) is 8.75. The van der Waals surface area contributed by atoms with Crippen LogP contribution in [-0.2, 0) is 4.79 Å². The number of rotatable bonds is 6. The molecule has 1 atom stereocenters. The van der Waals surface area contributed by atoms with Crippen molar-refractivity contribution in [2.75, 3.05) is 19.7 Å². The lowest BCUT2D eigenvalue weighted by Gasteiger charge is -2.41. The second-order valence-electron chi connectivity index (χ2n) is 6.97. The normalized spacial score (nSPS) is 19.7. The summed E-state index contributed by atoms with van der Waals surface area (Å²) in [5.74, 6) is -0.146. The zero-order chi connectivity index (χ0) is 19.4. The summed E-state index contributed by atoms with van der Waals surface area (Å²) < 4.78 is 24.0. The number of aryl methyl sites for hydroxylation is 1. The van der Waals surface area contributed by atoms with Crippen LogP contribution in [0.2, 0.25) is 0 Å². The molecule has 1 fully saturated rings. The van der Waals surface area contributed by atoms with Gasteiger partial charge in [-0.25, -0.2) is 9.37 Å². The average Bonchev–Trinajstić information content (AvgIpc) is 3.07. The lowest BCUT2D eigenvalue weighted by atomic mass is 9.77. The summed E-state index contributed by atoms with van der Waals surface area (Å²) in [7, 11) is 0. The molecule has 0 saturated carbocycles. The van der Waals surface area contributed by atoms with E-state index in [1.54, 1.807) is 11.8 Å². The molecule has 2 aromatic rings. The van der Waals surface area contributed by atoms with Crippen LogP contribution in [-0.4, -0.2) is 41.4 Å². The minimum absolute atomic E-state index is 0.0931. The Morgan fingerprint density at radius 2 is 2.11 bits per heavy atom. The molecule has 0 spiro atoms. The van der Waals surface area contributed by atoms with E-state index in [2.05, 4.69) is 4.98 Å². The number of oxazole rings is 1. The molecule has 1 aliphatic rings. The molecular formula is C19H22FN3O4. The minimum atomic E-state index is -0.604. The van der Waals surface area contributed by atoms with Gasteiger partial charge in [0.05, 0.1) is 6.61 Å². The van der Waals surface area contributed by atoms with Gasteiger partial charge in [0, 0.05) is 31.8 Å². The van der Waals surface area contributed by atoms with Crippen molar-refractivity contribution >= 4 is 11.8 Å². The molecule has 0 unspecified atom stereocenters. The molecule has 144 valence electrons. The fraction of sp³-hybridized carbons (Fsp3) is 0.421. The maximum atomic E-state index is 13.1. The van der Waals surface area contributed by atoms with Crippen molar-refractivity contribution in [1.82, 2.24) is 9.88 Å². The van der Waals surface area contributed by atoms with Gasteiger partial charge in [0.15, 0.2) is 11.6 Å². The molecular weight excluding hydrogens is 353 g/mol. The molecule has 2 amide bonds. The van der Waals surface area contributed by atoms with Crippen molar-refractivity contribution in [1.29, 1.82) is 0 Å². The predicted octanol–water partition coefficient (Wildman–Crippen LogP) is 2.30. The number of halogens is 1. The molecule has 0 radical (unpaired) electrons. The Morgan fingerprint density at radius 3 is 2.74 bits per heavy atom. The standard InChI is InChI=1S/C19H22FN3O4/c1-13-22-16(10-26-13)18(25)23-8-2-7-19(11-23,9-17(21)24)12-27-15-5-3-14(20)4-6-15/h3-6,10H,2,7-9,11-12H2,1H3,(H2,21,24)/t19-/m1/s1. The number of nitrogens with two attached hydrogens (primary N) is 1. The smallest absolute Gasteiger partial charge is 0.275 e. The Labute approximate surface area is 156 Å². The van der Waals surface area contributed by atoms with Gasteiger partial charge in [0.2, 0.25) is 5.91 Å². The van der Waals surface area contributed by atoms with E-state index in [-0.39, 0.29) is 30.4 Å². The summed E-state index contributed by atoms with van der Waals surface area (Å²) in [6.45, 7) is 2.74. The van der Waals surface area contributed by atoms with E-state index in [1.807, 2.05) is 0 Å². The molecule has 1 aromatic carbocycles. The molecule has 3 rings (SSSR count). The van der Waals surface area contributed by atoms with Crippen LogP contribution in [0.1, 0.15) is 35.6 Å². The molecule has 2 heterocycles. The Morgan fingerprint density at radius 1 is 1.37 bits per heavy atom. The maximum absolute atomic E-state index is 13.1. The van der Waals surface area contributed by atoms with Crippen LogP contribution in [0.4, 0.5) is 4.39 Å². The molecule has 27 heavy (non-hydrogen) atoms. The predicted molar refractivity (Wildman–Crippen MR) is 94.5 cm³/mol. The monoisotopic (exact) mass is 375 g/mol. The van der Waals surface area contributed by atoms with Crippen LogP contribution >= 0.6 is 0 Å². The van der Waals surface area contributed by atoms with Crippen LogP contribution in [0, 0.1) is 18.2 Å². The largest absolute Gasteiger partial charge is 0.493 e. The Balaban J connectivity index is 1.74. The van der Waals surface area contributed by atoms with Gasteiger partial charge < -0.3 is 19.8 Å². The highest BCUT2D eigenvalue weighted by atomic mass is 19.1. The molecule has 1 aromatic heterocycles. The third-order valence-corrected chi connectivity index (χ3v) is 4.69. The van der Waals surface area contributed by atoms with E-state index >= 15 is 0 Å². The number of piperidine rings is 1. The second kappa shape index (κ2) is 7.77. The molecule has 1 saturated heterocycles. The Hall–Kier alpha value is -2.90. The van der Waals surface area contributed by atoms with E-state index in [9.17, 15) is 14.0 Å². The number of carbonyl (C=O) groups is 2. The van der Waals surface area contributed by atoms with Crippen molar-refractivity contribution < 1.29 is 23.1 Å². The number of aromatic nitrogens is 1. The molecule has 0 bridgehead atoms. The number of primary amides is 1. The minimum Gasteiger partial charge on any atom is -0.493 e. The van der Waals surface area contributed by atoms with E-state index in [0.717, 1.165) is 0 Å². The zero-order valence-corrected chi connectivity index (χ0v) is 15.1. The van der Waals surface area contributed by atoms with E-state index < -0.39 is 11.3 Å². The topological polar surface area (TPSA) is 98.7 Å².